The van der Waals surface area contributed by atoms with Gasteiger partial charge in [0.2, 0.25) is 0 Å². The Bertz CT molecular complexity index is 600. The highest BCUT2D eigenvalue weighted by molar-refractivity contribution is 5.78. The SMILES string of the molecule is Cc1nn(-c2ccccc2OC(C)C)c(C)c1C=O. The Balaban J connectivity index is 2.56. The smallest absolute Gasteiger partial charge is 0.153 e. The summed E-state index contributed by atoms with van der Waals surface area (Å²) in [4.78, 5) is 11.1. The van der Waals surface area contributed by atoms with Gasteiger partial charge in [-0.05, 0) is 39.8 Å². The summed E-state index contributed by atoms with van der Waals surface area (Å²) < 4.78 is 7.55. The number of ether oxygens (including phenoxy) is 1. The minimum absolute atomic E-state index is 0.0867. The normalized spacial score (nSPS) is 10.8. The Hall–Kier alpha value is -2.10. The number of hydrogen-bond acceptors (Lipinski definition) is 3. The van der Waals surface area contributed by atoms with Gasteiger partial charge in [-0.25, -0.2) is 4.68 Å². The third kappa shape index (κ3) is 2.52. The Labute approximate surface area is 113 Å². The van der Waals surface area contributed by atoms with Crippen molar-refractivity contribution in [3.63, 3.8) is 0 Å². The van der Waals surface area contributed by atoms with Gasteiger partial charge in [0.25, 0.3) is 0 Å². The van der Waals surface area contributed by atoms with Crippen molar-refractivity contribution in [2.24, 2.45) is 0 Å². The molecule has 0 atom stereocenters. The van der Waals surface area contributed by atoms with Crippen molar-refractivity contribution < 1.29 is 9.53 Å². The zero-order chi connectivity index (χ0) is 14.0. The molecule has 0 saturated heterocycles. The van der Waals surface area contributed by atoms with Crippen LogP contribution in [0.2, 0.25) is 0 Å². The molecule has 0 aliphatic carbocycles. The summed E-state index contributed by atoms with van der Waals surface area (Å²) in [6.45, 7) is 7.68. The molecule has 0 radical (unpaired) electrons. The molecule has 4 heteroatoms. The number of hydrogen-bond donors (Lipinski definition) is 0. The first-order valence-electron chi connectivity index (χ1n) is 6.32. The Morgan fingerprint density at radius 3 is 2.53 bits per heavy atom. The molecule has 0 amide bonds. The van der Waals surface area contributed by atoms with E-state index in [1.165, 1.54) is 0 Å². The fourth-order valence-corrected chi connectivity index (χ4v) is 2.05. The first kappa shape index (κ1) is 13.3. The molecule has 0 N–H and O–H groups in total. The van der Waals surface area contributed by atoms with Crippen molar-refractivity contribution in [1.29, 1.82) is 0 Å². The number of nitrogens with zero attached hydrogens (tertiary/aromatic N) is 2. The summed E-state index contributed by atoms with van der Waals surface area (Å²) in [6.07, 6.45) is 0.934. The second kappa shape index (κ2) is 5.26. The number of para-hydroxylation sites is 2. The van der Waals surface area contributed by atoms with Crippen LogP contribution < -0.4 is 4.74 Å². The van der Waals surface area contributed by atoms with Crippen LogP contribution in [0.3, 0.4) is 0 Å². The first-order valence-corrected chi connectivity index (χ1v) is 6.32. The maximum atomic E-state index is 11.1. The van der Waals surface area contributed by atoms with Crippen LogP contribution in [0.25, 0.3) is 5.69 Å². The zero-order valence-electron chi connectivity index (χ0n) is 11.7. The van der Waals surface area contributed by atoms with Crippen molar-refractivity contribution in [3.8, 4) is 11.4 Å². The average molecular weight is 258 g/mol. The van der Waals surface area contributed by atoms with Crippen molar-refractivity contribution in [2.45, 2.75) is 33.8 Å². The minimum atomic E-state index is 0.0867. The molecule has 0 spiro atoms. The largest absolute Gasteiger partial charge is 0.489 e. The van der Waals surface area contributed by atoms with E-state index >= 15 is 0 Å². The lowest BCUT2D eigenvalue weighted by atomic mass is 10.2. The molecule has 2 rings (SSSR count). The standard InChI is InChI=1S/C15H18N2O2/c1-10(2)19-15-8-6-5-7-14(15)17-12(4)13(9-18)11(3)16-17/h5-10H,1-4H3. The maximum Gasteiger partial charge on any atom is 0.153 e. The number of carbonyl (C=O) groups is 1. The summed E-state index contributed by atoms with van der Waals surface area (Å²) >= 11 is 0. The van der Waals surface area contributed by atoms with Gasteiger partial charge in [-0.3, -0.25) is 4.79 Å². The number of aldehydes is 1. The molecule has 100 valence electrons. The molecule has 0 saturated carbocycles. The molecule has 1 heterocycles. The molecule has 1 aromatic carbocycles. The van der Waals surface area contributed by atoms with Crippen LogP contribution in [0, 0.1) is 13.8 Å². The number of rotatable bonds is 4. The molecule has 0 unspecified atom stereocenters. The predicted molar refractivity (Wildman–Crippen MR) is 74.2 cm³/mol. The average Bonchev–Trinajstić information content (AvgIpc) is 2.64. The van der Waals surface area contributed by atoms with E-state index in [0.717, 1.165) is 29.1 Å². The molecule has 1 aromatic heterocycles. The van der Waals surface area contributed by atoms with E-state index < -0.39 is 0 Å². The highest BCUT2D eigenvalue weighted by atomic mass is 16.5. The second-order valence-corrected chi connectivity index (χ2v) is 4.75. The number of carbonyl (C=O) groups excluding carboxylic acids is 1. The Morgan fingerprint density at radius 2 is 1.95 bits per heavy atom. The maximum absolute atomic E-state index is 11.1. The molecule has 2 aromatic rings. The molecule has 19 heavy (non-hydrogen) atoms. The van der Waals surface area contributed by atoms with Gasteiger partial charge in [-0.15, -0.1) is 0 Å². The second-order valence-electron chi connectivity index (χ2n) is 4.75. The quantitative estimate of drug-likeness (QED) is 0.791. The number of aryl methyl sites for hydroxylation is 1. The summed E-state index contributed by atoms with van der Waals surface area (Å²) in [6, 6.07) is 7.70. The van der Waals surface area contributed by atoms with Gasteiger partial charge in [0, 0.05) is 0 Å². The summed E-state index contributed by atoms with van der Waals surface area (Å²) in [5, 5.41) is 4.42. The van der Waals surface area contributed by atoms with E-state index in [9.17, 15) is 4.79 Å². The van der Waals surface area contributed by atoms with Crippen molar-refractivity contribution in [2.75, 3.05) is 0 Å². The number of aromatic nitrogens is 2. The zero-order valence-corrected chi connectivity index (χ0v) is 11.7. The van der Waals surface area contributed by atoms with E-state index in [-0.39, 0.29) is 6.10 Å². The van der Waals surface area contributed by atoms with Gasteiger partial charge >= 0.3 is 0 Å². The van der Waals surface area contributed by atoms with Gasteiger partial charge in [0.15, 0.2) is 6.29 Å². The first-order chi connectivity index (χ1) is 9.04. The Kier molecular flexibility index (Phi) is 3.69. The van der Waals surface area contributed by atoms with Gasteiger partial charge in [-0.1, -0.05) is 12.1 Å². The van der Waals surface area contributed by atoms with Crippen LogP contribution >= 0.6 is 0 Å². The fraction of sp³-hybridized carbons (Fsp3) is 0.333. The molecule has 4 nitrogen and oxygen atoms in total. The third-order valence-electron chi connectivity index (χ3n) is 2.92. The van der Waals surface area contributed by atoms with Crippen LogP contribution in [0.15, 0.2) is 24.3 Å². The van der Waals surface area contributed by atoms with Crippen molar-refractivity contribution >= 4 is 6.29 Å². The summed E-state index contributed by atoms with van der Waals surface area (Å²) in [7, 11) is 0. The van der Waals surface area contributed by atoms with E-state index in [0.29, 0.717) is 5.56 Å². The highest BCUT2D eigenvalue weighted by Gasteiger charge is 2.15. The highest BCUT2D eigenvalue weighted by Crippen LogP contribution is 2.26. The molecular formula is C15H18N2O2. The van der Waals surface area contributed by atoms with Crippen LogP contribution in [0.5, 0.6) is 5.75 Å². The lowest BCUT2D eigenvalue weighted by molar-refractivity contribution is 0.112. The van der Waals surface area contributed by atoms with Crippen molar-refractivity contribution in [1.82, 2.24) is 9.78 Å². The molecule has 0 fully saturated rings. The fourth-order valence-electron chi connectivity index (χ4n) is 2.05. The predicted octanol–water partition coefficient (Wildman–Crippen LogP) is 3.09. The van der Waals surface area contributed by atoms with Gasteiger partial charge in [0.1, 0.15) is 11.4 Å². The monoisotopic (exact) mass is 258 g/mol. The molecule has 0 aliphatic rings. The summed E-state index contributed by atoms with van der Waals surface area (Å²) in [5.74, 6) is 0.764. The van der Waals surface area contributed by atoms with Crippen molar-refractivity contribution in [3.05, 3.63) is 41.2 Å². The van der Waals surface area contributed by atoms with Crippen LogP contribution in [-0.2, 0) is 0 Å². The van der Waals surface area contributed by atoms with Gasteiger partial charge in [0.05, 0.1) is 23.1 Å². The van der Waals surface area contributed by atoms with Gasteiger partial charge < -0.3 is 4.74 Å². The molecule has 0 aliphatic heterocycles. The molecular weight excluding hydrogens is 240 g/mol. The van der Waals surface area contributed by atoms with E-state index in [4.69, 9.17) is 4.74 Å². The minimum Gasteiger partial charge on any atom is -0.489 e. The number of benzene rings is 1. The molecule has 0 bridgehead atoms. The van der Waals surface area contributed by atoms with Crippen LogP contribution in [-0.4, -0.2) is 22.2 Å². The third-order valence-corrected chi connectivity index (χ3v) is 2.92. The Morgan fingerprint density at radius 1 is 1.26 bits per heavy atom. The van der Waals surface area contributed by atoms with E-state index in [1.54, 1.807) is 4.68 Å². The van der Waals surface area contributed by atoms with Gasteiger partial charge in [-0.2, -0.15) is 5.10 Å². The van der Waals surface area contributed by atoms with E-state index in [2.05, 4.69) is 5.10 Å². The van der Waals surface area contributed by atoms with Crippen LogP contribution in [0.1, 0.15) is 35.6 Å². The summed E-state index contributed by atoms with van der Waals surface area (Å²) in [5.41, 5.74) is 3.04. The van der Waals surface area contributed by atoms with E-state index in [1.807, 2.05) is 52.0 Å². The lowest BCUT2D eigenvalue weighted by Gasteiger charge is -2.14. The van der Waals surface area contributed by atoms with Crippen LogP contribution in [0.4, 0.5) is 0 Å². The lowest BCUT2D eigenvalue weighted by Crippen LogP contribution is -2.09. The topological polar surface area (TPSA) is 44.1 Å².